The Balaban J connectivity index is 2.15. The first-order chi connectivity index (χ1) is 9.10. The normalized spacial score (nSPS) is 12.4. The lowest BCUT2D eigenvalue weighted by Gasteiger charge is -2.16. The van der Waals surface area contributed by atoms with Crippen LogP contribution in [0.15, 0.2) is 33.3 Å². The van der Waals surface area contributed by atoms with Gasteiger partial charge in [0.25, 0.3) is 0 Å². The molecule has 0 fully saturated rings. The minimum absolute atomic E-state index is 0.212. The van der Waals surface area contributed by atoms with Crippen molar-refractivity contribution in [3.63, 3.8) is 0 Å². The summed E-state index contributed by atoms with van der Waals surface area (Å²) in [4.78, 5) is 0. The molecule has 0 spiro atoms. The number of aryl methyl sites for hydroxylation is 1. The highest BCUT2D eigenvalue weighted by molar-refractivity contribution is 9.10. The summed E-state index contributed by atoms with van der Waals surface area (Å²) in [5, 5.41) is 7.06. The Labute approximate surface area is 121 Å². The molecule has 0 saturated carbocycles. The fraction of sp³-hybridized carbons (Fsp3) is 0.357. The van der Waals surface area contributed by atoms with Gasteiger partial charge in [0.2, 0.25) is 0 Å². The summed E-state index contributed by atoms with van der Waals surface area (Å²) in [5.41, 5.74) is 1.96. The van der Waals surface area contributed by atoms with Gasteiger partial charge in [-0.05, 0) is 39.1 Å². The molecule has 1 unspecified atom stereocenters. The van der Waals surface area contributed by atoms with Gasteiger partial charge in [-0.3, -0.25) is 0 Å². The van der Waals surface area contributed by atoms with Crippen molar-refractivity contribution in [2.24, 2.45) is 0 Å². The van der Waals surface area contributed by atoms with Crippen LogP contribution in [0.1, 0.15) is 30.0 Å². The molecule has 1 aromatic heterocycles. The first-order valence-corrected chi connectivity index (χ1v) is 6.91. The molecule has 0 radical (unpaired) electrons. The van der Waals surface area contributed by atoms with Crippen LogP contribution in [0.3, 0.4) is 0 Å². The van der Waals surface area contributed by atoms with Crippen LogP contribution in [0.5, 0.6) is 5.75 Å². The van der Waals surface area contributed by atoms with Gasteiger partial charge in [0, 0.05) is 22.1 Å². The van der Waals surface area contributed by atoms with Crippen molar-refractivity contribution >= 4 is 15.9 Å². The van der Waals surface area contributed by atoms with Crippen LogP contribution in [0.2, 0.25) is 0 Å². The molecule has 1 atom stereocenters. The van der Waals surface area contributed by atoms with E-state index in [1.54, 1.807) is 0 Å². The number of hydrogen-bond donors (Lipinski definition) is 1. The van der Waals surface area contributed by atoms with E-state index in [4.69, 9.17) is 9.26 Å². The van der Waals surface area contributed by atoms with Crippen molar-refractivity contribution in [3.05, 3.63) is 45.8 Å². The van der Waals surface area contributed by atoms with Crippen molar-refractivity contribution in [2.45, 2.75) is 26.5 Å². The van der Waals surface area contributed by atoms with Gasteiger partial charge in [0.1, 0.15) is 12.4 Å². The molecule has 2 rings (SSSR count). The van der Waals surface area contributed by atoms with Crippen molar-refractivity contribution in [2.75, 3.05) is 7.05 Å². The predicted octanol–water partition coefficient (Wildman–Crippen LogP) is 3.60. The average molecular weight is 325 g/mol. The summed E-state index contributed by atoms with van der Waals surface area (Å²) >= 11 is 3.48. The standard InChI is InChI=1S/C14H17BrN2O2/c1-9-6-12(19-17-9)8-18-14-5-4-11(15)7-13(14)10(2)16-3/h4-7,10,16H,8H2,1-3H3. The summed E-state index contributed by atoms with van der Waals surface area (Å²) in [5.74, 6) is 1.57. The number of benzene rings is 1. The quantitative estimate of drug-likeness (QED) is 0.912. The smallest absolute Gasteiger partial charge is 0.174 e. The molecule has 0 saturated heterocycles. The Morgan fingerprint density at radius 1 is 1.42 bits per heavy atom. The van der Waals surface area contributed by atoms with E-state index in [0.717, 1.165) is 27.2 Å². The minimum Gasteiger partial charge on any atom is -0.485 e. The van der Waals surface area contributed by atoms with Crippen LogP contribution >= 0.6 is 15.9 Å². The lowest BCUT2D eigenvalue weighted by atomic mass is 10.1. The molecule has 0 bridgehead atoms. The highest BCUT2D eigenvalue weighted by atomic mass is 79.9. The second-order valence-electron chi connectivity index (χ2n) is 4.42. The summed E-state index contributed by atoms with van der Waals surface area (Å²) < 4.78 is 12.0. The molecule has 0 amide bonds. The zero-order valence-electron chi connectivity index (χ0n) is 11.2. The Bertz CT molecular complexity index is 554. The van der Waals surface area contributed by atoms with Gasteiger partial charge in [-0.15, -0.1) is 0 Å². The Morgan fingerprint density at radius 2 is 2.21 bits per heavy atom. The van der Waals surface area contributed by atoms with Crippen LogP contribution in [-0.4, -0.2) is 12.2 Å². The first-order valence-electron chi connectivity index (χ1n) is 6.12. The number of rotatable bonds is 5. The van der Waals surface area contributed by atoms with E-state index in [-0.39, 0.29) is 6.04 Å². The summed E-state index contributed by atoms with van der Waals surface area (Å²) in [6, 6.07) is 8.06. The minimum atomic E-state index is 0.212. The third kappa shape index (κ3) is 3.58. The van der Waals surface area contributed by atoms with Crippen LogP contribution in [0, 0.1) is 6.92 Å². The summed E-state index contributed by atoms with van der Waals surface area (Å²) in [6.07, 6.45) is 0. The second kappa shape index (κ2) is 6.21. The monoisotopic (exact) mass is 324 g/mol. The van der Waals surface area contributed by atoms with Gasteiger partial charge in [-0.25, -0.2) is 0 Å². The van der Waals surface area contributed by atoms with Crippen LogP contribution in [-0.2, 0) is 6.61 Å². The molecule has 0 aliphatic rings. The number of hydrogen-bond acceptors (Lipinski definition) is 4. The van der Waals surface area contributed by atoms with Gasteiger partial charge < -0.3 is 14.6 Å². The van der Waals surface area contributed by atoms with Crippen LogP contribution in [0.25, 0.3) is 0 Å². The van der Waals surface area contributed by atoms with Gasteiger partial charge in [-0.2, -0.15) is 0 Å². The number of nitrogens with zero attached hydrogens (tertiary/aromatic N) is 1. The average Bonchev–Trinajstić information content (AvgIpc) is 2.82. The van der Waals surface area contributed by atoms with Crippen LogP contribution in [0.4, 0.5) is 0 Å². The van der Waals surface area contributed by atoms with E-state index in [2.05, 4.69) is 39.4 Å². The fourth-order valence-electron chi connectivity index (χ4n) is 1.78. The van der Waals surface area contributed by atoms with E-state index in [0.29, 0.717) is 6.61 Å². The van der Waals surface area contributed by atoms with Crippen molar-refractivity contribution in [3.8, 4) is 5.75 Å². The first kappa shape index (κ1) is 14.1. The van der Waals surface area contributed by atoms with Gasteiger partial charge in [0.15, 0.2) is 5.76 Å². The Kier molecular flexibility index (Phi) is 4.61. The summed E-state index contributed by atoms with van der Waals surface area (Å²) in [7, 11) is 1.93. The number of aromatic nitrogens is 1. The zero-order valence-corrected chi connectivity index (χ0v) is 12.8. The van der Waals surface area contributed by atoms with E-state index >= 15 is 0 Å². The molecule has 0 aliphatic heterocycles. The third-order valence-corrected chi connectivity index (χ3v) is 3.41. The Morgan fingerprint density at radius 3 is 2.84 bits per heavy atom. The SMILES string of the molecule is CNC(C)c1cc(Br)ccc1OCc1cc(C)no1. The number of ether oxygens (including phenoxy) is 1. The van der Waals surface area contributed by atoms with E-state index in [9.17, 15) is 0 Å². The maximum absolute atomic E-state index is 5.82. The van der Waals surface area contributed by atoms with Crippen molar-refractivity contribution in [1.29, 1.82) is 0 Å². The van der Waals surface area contributed by atoms with Gasteiger partial charge in [-0.1, -0.05) is 21.1 Å². The fourth-order valence-corrected chi connectivity index (χ4v) is 2.16. The predicted molar refractivity (Wildman–Crippen MR) is 77.2 cm³/mol. The van der Waals surface area contributed by atoms with E-state index in [1.165, 1.54) is 0 Å². The number of halogens is 1. The molecule has 102 valence electrons. The van der Waals surface area contributed by atoms with Gasteiger partial charge in [0.05, 0.1) is 5.69 Å². The molecule has 0 aliphatic carbocycles. The lowest BCUT2D eigenvalue weighted by molar-refractivity contribution is 0.245. The highest BCUT2D eigenvalue weighted by Crippen LogP contribution is 2.29. The molecule has 2 aromatic rings. The molecule has 1 N–H and O–H groups in total. The van der Waals surface area contributed by atoms with E-state index in [1.807, 2.05) is 32.2 Å². The molecular formula is C14H17BrN2O2. The number of nitrogens with one attached hydrogen (secondary N) is 1. The Hall–Kier alpha value is -1.33. The van der Waals surface area contributed by atoms with Crippen molar-refractivity contribution < 1.29 is 9.26 Å². The third-order valence-electron chi connectivity index (χ3n) is 2.92. The second-order valence-corrected chi connectivity index (χ2v) is 5.33. The molecule has 4 nitrogen and oxygen atoms in total. The van der Waals surface area contributed by atoms with Crippen molar-refractivity contribution in [1.82, 2.24) is 10.5 Å². The zero-order chi connectivity index (χ0) is 13.8. The molecule has 1 heterocycles. The molecule has 19 heavy (non-hydrogen) atoms. The maximum Gasteiger partial charge on any atom is 0.174 e. The largest absolute Gasteiger partial charge is 0.485 e. The van der Waals surface area contributed by atoms with Crippen LogP contribution < -0.4 is 10.1 Å². The molecule has 1 aromatic carbocycles. The highest BCUT2D eigenvalue weighted by Gasteiger charge is 2.12. The molecule has 5 heteroatoms. The van der Waals surface area contributed by atoms with E-state index < -0.39 is 0 Å². The lowest BCUT2D eigenvalue weighted by Crippen LogP contribution is -2.13. The van der Waals surface area contributed by atoms with Gasteiger partial charge >= 0.3 is 0 Å². The maximum atomic E-state index is 5.82. The topological polar surface area (TPSA) is 47.3 Å². The molecular weight excluding hydrogens is 308 g/mol. The summed E-state index contributed by atoms with van der Waals surface area (Å²) in [6.45, 7) is 4.36.